The molecule has 0 spiro atoms. The predicted octanol–water partition coefficient (Wildman–Crippen LogP) is 3.97. The van der Waals surface area contributed by atoms with Gasteiger partial charge in [-0.05, 0) is 51.3 Å². The Kier molecular flexibility index (Phi) is 2.64. The van der Waals surface area contributed by atoms with E-state index in [9.17, 15) is 4.79 Å². The van der Waals surface area contributed by atoms with Gasteiger partial charge in [0.1, 0.15) is 5.78 Å². The van der Waals surface area contributed by atoms with Gasteiger partial charge in [-0.15, -0.1) is 11.3 Å². The molecule has 0 amide bonds. The van der Waals surface area contributed by atoms with E-state index in [1.165, 1.54) is 4.88 Å². The van der Waals surface area contributed by atoms with Gasteiger partial charge in [0, 0.05) is 21.2 Å². The molecular formula is C9H8Br2OS. The summed E-state index contributed by atoms with van der Waals surface area (Å²) in [6.45, 7) is 1.68. The Balaban J connectivity index is 2.16. The van der Waals surface area contributed by atoms with Crippen molar-refractivity contribution in [3.8, 4) is 0 Å². The van der Waals surface area contributed by atoms with E-state index in [2.05, 4.69) is 37.9 Å². The van der Waals surface area contributed by atoms with Crippen LogP contribution in [-0.2, 0) is 4.79 Å². The molecule has 0 N–H and O–H groups in total. The summed E-state index contributed by atoms with van der Waals surface area (Å²) in [5, 5.41) is 0. The summed E-state index contributed by atoms with van der Waals surface area (Å²) in [5.74, 6) is 1.10. The van der Waals surface area contributed by atoms with Crippen molar-refractivity contribution in [2.45, 2.75) is 19.3 Å². The molecule has 1 aromatic rings. The largest absolute Gasteiger partial charge is 0.300 e. The first-order chi connectivity index (χ1) is 6.09. The molecule has 2 atom stereocenters. The van der Waals surface area contributed by atoms with Crippen LogP contribution < -0.4 is 0 Å². The zero-order valence-corrected chi connectivity index (χ0v) is 11.0. The first-order valence-corrected chi connectivity index (χ1v) is 6.45. The van der Waals surface area contributed by atoms with E-state index in [0.29, 0.717) is 11.7 Å². The summed E-state index contributed by atoms with van der Waals surface area (Å²) >= 11 is 8.63. The van der Waals surface area contributed by atoms with Gasteiger partial charge in [0.05, 0.1) is 3.79 Å². The van der Waals surface area contributed by atoms with Crippen molar-refractivity contribution in [3.63, 3.8) is 0 Å². The lowest BCUT2D eigenvalue weighted by molar-refractivity contribution is -0.118. The molecule has 1 aromatic heterocycles. The standard InChI is InChI=1S/C9H8Br2OS/c1-4(12)5-2-6(5)8-3-7(10)9(11)13-8/h3,5-6H,2H2,1H3. The minimum atomic E-state index is 0.289. The van der Waals surface area contributed by atoms with Crippen LogP contribution in [0.15, 0.2) is 14.3 Å². The molecule has 1 aliphatic rings. The molecule has 0 radical (unpaired) electrons. The monoisotopic (exact) mass is 322 g/mol. The van der Waals surface area contributed by atoms with Gasteiger partial charge in [0.2, 0.25) is 0 Å². The van der Waals surface area contributed by atoms with Crippen LogP contribution in [0.25, 0.3) is 0 Å². The molecule has 13 heavy (non-hydrogen) atoms. The van der Waals surface area contributed by atoms with Crippen LogP contribution >= 0.6 is 43.2 Å². The zero-order valence-electron chi connectivity index (χ0n) is 7.01. The molecule has 1 aliphatic carbocycles. The van der Waals surface area contributed by atoms with Crippen molar-refractivity contribution in [1.29, 1.82) is 0 Å². The second kappa shape index (κ2) is 3.48. The first-order valence-electron chi connectivity index (χ1n) is 4.04. The molecule has 0 aliphatic heterocycles. The normalized spacial score (nSPS) is 26.1. The maximum Gasteiger partial charge on any atom is 0.133 e. The lowest BCUT2D eigenvalue weighted by Crippen LogP contribution is -1.93. The number of thiophene rings is 1. The van der Waals surface area contributed by atoms with Gasteiger partial charge in [-0.25, -0.2) is 0 Å². The molecule has 0 bridgehead atoms. The fraction of sp³-hybridized carbons (Fsp3) is 0.444. The summed E-state index contributed by atoms with van der Waals surface area (Å²) < 4.78 is 2.22. The zero-order chi connectivity index (χ0) is 9.59. The van der Waals surface area contributed by atoms with Gasteiger partial charge in [-0.2, -0.15) is 0 Å². The first kappa shape index (κ1) is 9.87. The van der Waals surface area contributed by atoms with Crippen molar-refractivity contribution < 1.29 is 4.79 Å². The molecule has 4 heteroatoms. The smallest absolute Gasteiger partial charge is 0.133 e. The van der Waals surface area contributed by atoms with Crippen LogP contribution in [0.3, 0.4) is 0 Å². The minimum absolute atomic E-state index is 0.289. The van der Waals surface area contributed by atoms with E-state index in [1.807, 2.05) is 0 Å². The lowest BCUT2D eigenvalue weighted by Gasteiger charge is -1.90. The highest BCUT2D eigenvalue weighted by Crippen LogP contribution is 2.52. The van der Waals surface area contributed by atoms with Gasteiger partial charge >= 0.3 is 0 Å². The van der Waals surface area contributed by atoms with E-state index in [1.54, 1.807) is 18.3 Å². The van der Waals surface area contributed by atoms with Gasteiger partial charge in [0.25, 0.3) is 0 Å². The Bertz CT molecular complexity index is 339. The van der Waals surface area contributed by atoms with Crippen molar-refractivity contribution in [1.82, 2.24) is 0 Å². The SMILES string of the molecule is CC(=O)C1CC1c1cc(Br)c(Br)s1. The van der Waals surface area contributed by atoms with E-state index < -0.39 is 0 Å². The van der Waals surface area contributed by atoms with Crippen molar-refractivity contribution >= 4 is 49.0 Å². The number of rotatable bonds is 2. The molecule has 2 rings (SSSR count). The molecule has 1 heterocycles. The van der Waals surface area contributed by atoms with E-state index >= 15 is 0 Å². The van der Waals surface area contributed by atoms with Crippen LogP contribution in [0.1, 0.15) is 24.1 Å². The molecule has 70 valence electrons. The molecule has 0 aromatic carbocycles. The highest BCUT2D eigenvalue weighted by atomic mass is 79.9. The summed E-state index contributed by atoms with van der Waals surface area (Å²) in [6, 6.07) is 2.11. The highest BCUT2D eigenvalue weighted by Gasteiger charge is 2.42. The second-order valence-electron chi connectivity index (χ2n) is 3.33. The minimum Gasteiger partial charge on any atom is -0.300 e. The van der Waals surface area contributed by atoms with Gasteiger partial charge in [0.15, 0.2) is 0 Å². The Morgan fingerprint density at radius 1 is 1.62 bits per heavy atom. The third kappa shape index (κ3) is 1.90. The predicted molar refractivity (Wildman–Crippen MR) is 61.2 cm³/mol. The fourth-order valence-electron chi connectivity index (χ4n) is 1.50. The van der Waals surface area contributed by atoms with Gasteiger partial charge in [-0.1, -0.05) is 0 Å². The Morgan fingerprint density at radius 2 is 2.31 bits per heavy atom. The van der Waals surface area contributed by atoms with Crippen LogP contribution in [0.4, 0.5) is 0 Å². The fourth-order valence-corrected chi connectivity index (χ4v) is 3.77. The molecule has 1 saturated carbocycles. The number of ketones is 1. The third-order valence-electron chi connectivity index (χ3n) is 2.34. The number of halogens is 2. The number of hydrogen-bond donors (Lipinski definition) is 0. The Hall–Kier alpha value is 0.330. The second-order valence-corrected chi connectivity index (χ2v) is 6.59. The molecule has 1 nitrogen and oxygen atoms in total. The van der Waals surface area contributed by atoms with Crippen LogP contribution in [0.5, 0.6) is 0 Å². The van der Waals surface area contributed by atoms with Crippen LogP contribution in [0.2, 0.25) is 0 Å². The quantitative estimate of drug-likeness (QED) is 0.805. The Labute approximate surface area is 97.8 Å². The van der Waals surface area contributed by atoms with Crippen molar-refractivity contribution in [3.05, 3.63) is 19.2 Å². The number of carbonyl (C=O) groups is 1. The maximum atomic E-state index is 11.1. The van der Waals surface area contributed by atoms with E-state index in [0.717, 1.165) is 14.7 Å². The number of carbonyl (C=O) groups excluding carboxylic acids is 1. The van der Waals surface area contributed by atoms with Crippen LogP contribution in [0, 0.1) is 5.92 Å². The van der Waals surface area contributed by atoms with Crippen LogP contribution in [-0.4, -0.2) is 5.78 Å². The summed E-state index contributed by atoms with van der Waals surface area (Å²) in [6.07, 6.45) is 1.04. The van der Waals surface area contributed by atoms with Gasteiger partial charge in [-0.3, -0.25) is 4.79 Å². The van der Waals surface area contributed by atoms with Gasteiger partial charge < -0.3 is 0 Å². The molecule has 1 fully saturated rings. The van der Waals surface area contributed by atoms with E-state index in [4.69, 9.17) is 0 Å². The molecule has 0 saturated heterocycles. The molecular weight excluding hydrogens is 316 g/mol. The van der Waals surface area contributed by atoms with Crippen molar-refractivity contribution in [2.75, 3.05) is 0 Å². The lowest BCUT2D eigenvalue weighted by atomic mass is 10.2. The summed E-state index contributed by atoms with van der Waals surface area (Å²) in [5.41, 5.74) is 0. The average Bonchev–Trinajstić information content (AvgIpc) is 2.76. The summed E-state index contributed by atoms with van der Waals surface area (Å²) in [7, 11) is 0. The van der Waals surface area contributed by atoms with Crippen molar-refractivity contribution in [2.24, 2.45) is 5.92 Å². The Morgan fingerprint density at radius 3 is 2.69 bits per heavy atom. The number of hydrogen-bond acceptors (Lipinski definition) is 2. The highest BCUT2D eigenvalue weighted by molar-refractivity contribution is 9.13. The molecule has 2 unspecified atom stereocenters. The third-order valence-corrected chi connectivity index (χ3v) is 5.73. The summed E-state index contributed by atoms with van der Waals surface area (Å²) in [4.78, 5) is 12.4. The maximum absolute atomic E-state index is 11.1. The van der Waals surface area contributed by atoms with E-state index in [-0.39, 0.29) is 5.92 Å². The topological polar surface area (TPSA) is 17.1 Å². The average molecular weight is 324 g/mol. The number of Topliss-reactive ketones (excluding diaryl/α,β-unsaturated/α-hetero) is 1.